The van der Waals surface area contributed by atoms with Crippen LogP contribution >= 0.6 is 11.8 Å². The lowest BCUT2D eigenvalue weighted by atomic mass is 10.3. The molecule has 0 aromatic carbocycles. The second-order valence-corrected chi connectivity index (χ2v) is 4.06. The predicted octanol–water partition coefficient (Wildman–Crippen LogP) is 1.36. The van der Waals surface area contributed by atoms with Crippen LogP contribution in [0.1, 0.15) is 13.3 Å². The second-order valence-electron chi connectivity index (χ2n) is 2.78. The first-order valence-electron chi connectivity index (χ1n) is 4.29. The molecule has 0 aromatic rings. The van der Waals surface area contributed by atoms with Crippen LogP contribution in [-0.4, -0.2) is 35.7 Å². The Morgan fingerprint density at radius 2 is 2.38 bits per heavy atom. The largest absolute Gasteiger partial charge is 0.478 e. The summed E-state index contributed by atoms with van der Waals surface area (Å²) in [6, 6.07) is 0. The minimum absolute atomic E-state index is 0.632. The maximum atomic E-state index is 10.1. The number of carboxylic acids is 1. The quantitative estimate of drug-likeness (QED) is 0.484. The highest BCUT2D eigenvalue weighted by atomic mass is 32.2. The minimum atomic E-state index is -0.890. The van der Waals surface area contributed by atoms with E-state index in [2.05, 4.69) is 18.5 Å². The average molecular weight is 203 g/mol. The molecule has 1 atom stereocenters. The zero-order chi connectivity index (χ0) is 10.1. The summed E-state index contributed by atoms with van der Waals surface area (Å²) in [5, 5.41) is 12.1. The molecule has 0 heterocycles. The molecule has 0 saturated heterocycles. The average Bonchev–Trinajstić information content (AvgIpc) is 2.10. The molecule has 0 saturated carbocycles. The fourth-order valence-electron chi connectivity index (χ4n) is 0.768. The Morgan fingerprint density at radius 3 is 2.92 bits per heavy atom. The first kappa shape index (κ1) is 12.5. The maximum absolute atomic E-state index is 10.1. The Balaban J connectivity index is 3.21. The number of carboxylic acid groups (broad SMARTS) is 1. The van der Waals surface area contributed by atoms with E-state index in [-0.39, 0.29) is 0 Å². The van der Waals surface area contributed by atoms with Crippen molar-refractivity contribution in [3.8, 4) is 0 Å². The molecule has 2 N–H and O–H groups in total. The molecule has 4 heteroatoms. The zero-order valence-electron chi connectivity index (χ0n) is 8.12. The van der Waals surface area contributed by atoms with Gasteiger partial charge in [-0.05, 0) is 19.2 Å². The fourth-order valence-corrected chi connectivity index (χ4v) is 1.12. The molecule has 0 rings (SSSR count). The third-order valence-corrected chi connectivity index (χ3v) is 2.69. The van der Waals surface area contributed by atoms with Crippen molar-refractivity contribution < 1.29 is 9.90 Å². The van der Waals surface area contributed by atoms with Gasteiger partial charge in [-0.2, -0.15) is 11.8 Å². The number of aliphatic carboxylic acids is 1. The molecule has 0 spiro atoms. The van der Waals surface area contributed by atoms with Crippen LogP contribution in [0, 0.1) is 0 Å². The lowest BCUT2D eigenvalue weighted by Gasteiger charge is -2.07. The lowest BCUT2D eigenvalue weighted by molar-refractivity contribution is -0.131. The monoisotopic (exact) mass is 203 g/mol. The molecule has 0 fully saturated rings. The van der Waals surface area contributed by atoms with Crippen molar-refractivity contribution in [1.82, 2.24) is 5.32 Å². The van der Waals surface area contributed by atoms with Crippen LogP contribution in [0.3, 0.4) is 0 Å². The molecule has 76 valence electrons. The Kier molecular flexibility index (Phi) is 7.83. The first-order valence-corrected chi connectivity index (χ1v) is 5.58. The molecule has 0 bridgehead atoms. The molecule has 0 radical (unpaired) electrons. The van der Waals surface area contributed by atoms with Crippen molar-refractivity contribution >= 4 is 17.7 Å². The van der Waals surface area contributed by atoms with Crippen LogP contribution < -0.4 is 5.32 Å². The number of nitrogens with one attached hydrogen (secondary N) is 1. The van der Waals surface area contributed by atoms with Gasteiger partial charge in [-0.3, -0.25) is 0 Å². The van der Waals surface area contributed by atoms with E-state index in [0.717, 1.165) is 19.0 Å². The second kappa shape index (κ2) is 8.13. The van der Waals surface area contributed by atoms with Crippen molar-refractivity contribution in [1.29, 1.82) is 0 Å². The van der Waals surface area contributed by atoms with Crippen molar-refractivity contribution in [3.05, 3.63) is 12.2 Å². The van der Waals surface area contributed by atoms with Gasteiger partial charge < -0.3 is 10.4 Å². The van der Waals surface area contributed by atoms with E-state index in [1.807, 2.05) is 11.8 Å². The summed E-state index contributed by atoms with van der Waals surface area (Å²) >= 11 is 1.84. The SMILES string of the molecule is CSC(C)CCNC/C=C/C(=O)O. The standard InChI is InChI=1S/C9H17NO2S/c1-8(13-2)5-7-10-6-3-4-9(11)12/h3-4,8,10H,5-7H2,1-2H3,(H,11,12)/b4-3+. The van der Waals surface area contributed by atoms with Gasteiger partial charge in [-0.25, -0.2) is 4.79 Å². The summed E-state index contributed by atoms with van der Waals surface area (Å²) in [6.07, 6.45) is 5.98. The highest BCUT2D eigenvalue weighted by Crippen LogP contribution is 2.07. The minimum Gasteiger partial charge on any atom is -0.478 e. The van der Waals surface area contributed by atoms with Crippen LogP contribution in [0.4, 0.5) is 0 Å². The van der Waals surface area contributed by atoms with Crippen LogP contribution in [0.5, 0.6) is 0 Å². The van der Waals surface area contributed by atoms with Gasteiger partial charge in [0.25, 0.3) is 0 Å². The molecule has 0 aliphatic heterocycles. The summed E-state index contributed by atoms with van der Waals surface area (Å²) in [4.78, 5) is 10.1. The Bertz CT molecular complexity index is 171. The smallest absolute Gasteiger partial charge is 0.328 e. The summed E-state index contributed by atoms with van der Waals surface area (Å²) in [7, 11) is 0. The number of thioether (sulfide) groups is 1. The van der Waals surface area contributed by atoms with Gasteiger partial charge in [0.15, 0.2) is 0 Å². The fraction of sp³-hybridized carbons (Fsp3) is 0.667. The highest BCUT2D eigenvalue weighted by molar-refractivity contribution is 7.99. The van der Waals surface area contributed by atoms with Gasteiger partial charge in [0, 0.05) is 17.9 Å². The molecular formula is C9H17NO2S. The molecular weight excluding hydrogens is 186 g/mol. The Labute approximate surface area is 83.6 Å². The molecule has 0 amide bonds. The molecule has 1 unspecified atom stereocenters. The van der Waals surface area contributed by atoms with E-state index in [9.17, 15) is 4.79 Å². The van der Waals surface area contributed by atoms with Crippen LogP contribution in [0.15, 0.2) is 12.2 Å². The molecule has 3 nitrogen and oxygen atoms in total. The van der Waals surface area contributed by atoms with Crippen molar-refractivity contribution in [3.63, 3.8) is 0 Å². The van der Waals surface area contributed by atoms with E-state index < -0.39 is 5.97 Å². The van der Waals surface area contributed by atoms with Crippen LogP contribution in [0.2, 0.25) is 0 Å². The Morgan fingerprint density at radius 1 is 1.69 bits per heavy atom. The molecule has 13 heavy (non-hydrogen) atoms. The van der Waals surface area contributed by atoms with Gasteiger partial charge in [-0.15, -0.1) is 0 Å². The summed E-state index contributed by atoms with van der Waals surface area (Å²) in [6.45, 7) is 3.75. The normalized spacial score (nSPS) is 13.4. The maximum Gasteiger partial charge on any atom is 0.328 e. The third-order valence-electron chi connectivity index (χ3n) is 1.65. The number of hydrogen-bond acceptors (Lipinski definition) is 3. The number of rotatable bonds is 7. The number of hydrogen-bond donors (Lipinski definition) is 2. The number of carbonyl (C=O) groups is 1. The molecule has 0 aliphatic rings. The van der Waals surface area contributed by atoms with E-state index in [0.29, 0.717) is 11.8 Å². The summed E-state index contributed by atoms with van der Waals surface area (Å²) in [5.74, 6) is -0.890. The zero-order valence-corrected chi connectivity index (χ0v) is 8.93. The van der Waals surface area contributed by atoms with Crippen LogP contribution in [-0.2, 0) is 4.79 Å². The first-order chi connectivity index (χ1) is 6.16. The van der Waals surface area contributed by atoms with Crippen molar-refractivity contribution in [2.75, 3.05) is 19.3 Å². The Hall–Kier alpha value is -0.480. The third kappa shape index (κ3) is 9.43. The van der Waals surface area contributed by atoms with Gasteiger partial charge in [0.1, 0.15) is 0 Å². The predicted molar refractivity (Wildman–Crippen MR) is 57.2 cm³/mol. The van der Waals surface area contributed by atoms with E-state index in [1.54, 1.807) is 6.08 Å². The molecule has 0 aliphatic carbocycles. The molecule has 0 aromatic heterocycles. The van der Waals surface area contributed by atoms with E-state index >= 15 is 0 Å². The van der Waals surface area contributed by atoms with Gasteiger partial charge in [0.2, 0.25) is 0 Å². The summed E-state index contributed by atoms with van der Waals surface area (Å²) < 4.78 is 0. The lowest BCUT2D eigenvalue weighted by Crippen LogP contribution is -2.18. The summed E-state index contributed by atoms with van der Waals surface area (Å²) in [5.41, 5.74) is 0. The topological polar surface area (TPSA) is 49.3 Å². The van der Waals surface area contributed by atoms with Gasteiger partial charge >= 0.3 is 5.97 Å². The van der Waals surface area contributed by atoms with E-state index in [1.165, 1.54) is 0 Å². The van der Waals surface area contributed by atoms with Crippen molar-refractivity contribution in [2.24, 2.45) is 0 Å². The van der Waals surface area contributed by atoms with Gasteiger partial charge in [0.05, 0.1) is 0 Å². The van der Waals surface area contributed by atoms with Gasteiger partial charge in [-0.1, -0.05) is 13.0 Å². The van der Waals surface area contributed by atoms with E-state index in [4.69, 9.17) is 5.11 Å². The van der Waals surface area contributed by atoms with Crippen molar-refractivity contribution in [2.45, 2.75) is 18.6 Å². The van der Waals surface area contributed by atoms with Crippen LogP contribution in [0.25, 0.3) is 0 Å². The highest BCUT2D eigenvalue weighted by Gasteiger charge is 1.96.